The van der Waals surface area contributed by atoms with E-state index in [1.54, 1.807) is 0 Å². The summed E-state index contributed by atoms with van der Waals surface area (Å²) in [6.45, 7) is 0.631. The zero-order valence-electron chi connectivity index (χ0n) is 26.6. The lowest BCUT2D eigenvalue weighted by atomic mass is 9.84. The number of nitrogens with one attached hydrogen (secondary N) is 3. The summed E-state index contributed by atoms with van der Waals surface area (Å²) in [6.07, 6.45) is 11.9. The summed E-state index contributed by atoms with van der Waals surface area (Å²) in [4.78, 5) is 31.0. The maximum absolute atomic E-state index is 12.1. The maximum atomic E-state index is 12.1. The molecule has 3 aromatic rings. The van der Waals surface area contributed by atoms with Gasteiger partial charge in [0.15, 0.2) is 5.96 Å². The summed E-state index contributed by atoms with van der Waals surface area (Å²) in [5.74, 6) is 0.323. The first kappa shape index (κ1) is 34.7. The second kappa shape index (κ2) is 18.1. The molecule has 0 bridgehead atoms. The number of aliphatic imine (C=N–C) groups is 1. The molecule has 1 aliphatic heterocycles. The number of benzene rings is 2. The summed E-state index contributed by atoms with van der Waals surface area (Å²) in [5, 5.41) is 28.1. The van der Waals surface area contributed by atoms with Crippen molar-refractivity contribution in [2.24, 2.45) is 22.4 Å². The van der Waals surface area contributed by atoms with Crippen molar-refractivity contribution in [2.75, 3.05) is 18.5 Å². The van der Waals surface area contributed by atoms with Crippen molar-refractivity contribution in [3.05, 3.63) is 78.0 Å². The van der Waals surface area contributed by atoms with Crippen molar-refractivity contribution in [3.63, 3.8) is 0 Å². The molecule has 0 saturated carbocycles. The SMILES string of the molecule is NC1=NCCC(C(=CC(=O)O)C(CCC(CCCC(N)CCC(C=O)CCCO)c2ccc3ccccc3c2)Nc2ccc[nH]2)N1. The molecule has 2 aromatic carbocycles. The molecule has 10 heteroatoms. The van der Waals surface area contributed by atoms with Crippen LogP contribution in [0.5, 0.6) is 0 Å². The Labute approximate surface area is 271 Å². The van der Waals surface area contributed by atoms with E-state index in [0.29, 0.717) is 38.2 Å². The number of carbonyl (C=O) groups excluding carboxylic acids is 1. The van der Waals surface area contributed by atoms with Gasteiger partial charge in [0, 0.05) is 37.4 Å². The Kier molecular flexibility index (Phi) is 13.7. The largest absolute Gasteiger partial charge is 0.478 e. The Morgan fingerprint density at radius 1 is 1.00 bits per heavy atom. The highest BCUT2D eigenvalue weighted by atomic mass is 16.4. The number of carboxylic acid groups (broad SMARTS) is 1. The monoisotopic (exact) mass is 630 g/mol. The van der Waals surface area contributed by atoms with Gasteiger partial charge in [0.25, 0.3) is 0 Å². The molecule has 248 valence electrons. The lowest BCUT2D eigenvalue weighted by Crippen LogP contribution is -2.48. The zero-order valence-corrected chi connectivity index (χ0v) is 26.6. The van der Waals surface area contributed by atoms with Gasteiger partial charge in [-0.3, -0.25) is 4.99 Å². The van der Waals surface area contributed by atoms with Crippen molar-refractivity contribution in [1.82, 2.24) is 10.3 Å². The van der Waals surface area contributed by atoms with E-state index in [0.717, 1.165) is 56.2 Å². The Bertz CT molecular complexity index is 1440. The Morgan fingerprint density at radius 2 is 1.83 bits per heavy atom. The van der Waals surface area contributed by atoms with Gasteiger partial charge in [0.05, 0.1) is 12.1 Å². The first-order valence-electron chi connectivity index (χ1n) is 16.6. The summed E-state index contributed by atoms with van der Waals surface area (Å²) in [7, 11) is 0. The number of aliphatic carboxylic acids is 1. The number of hydrogen-bond donors (Lipinski definition) is 7. The fraction of sp³-hybridized carbons (Fsp3) is 0.472. The van der Waals surface area contributed by atoms with E-state index in [1.807, 2.05) is 24.4 Å². The van der Waals surface area contributed by atoms with Crippen molar-refractivity contribution in [2.45, 2.75) is 88.3 Å². The van der Waals surface area contributed by atoms with Crippen molar-refractivity contribution in [3.8, 4) is 0 Å². The van der Waals surface area contributed by atoms with Gasteiger partial charge in [-0.05, 0) is 97.7 Å². The molecular formula is C36H50N6O4. The van der Waals surface area contributed by atoms with E-state index < -0.39 is 5.97 Å². The number of aliphatic hydroxyl groups excluding tert-OH is 1. The number of H-pyrrole nitrogens is 1. The van der Waals surface area contributed by atoms with Crippen LogP contribution in [0.4, 0.5) is 5.82 Å². The predicted molar refractivity (Wildman–Crippen MR) is 185 cm³/mol. The summed E-state index contributed by atoms with van der Waals surface area (Å²) in [5.41, 5.74) is 14.5. The number of aliphatic hydroxyl groups is 1. The van der Waals surface area contributed by atoms with E-state index in [9.17, 15) is 14.7 Å². The Morgan fingerprint density at radius 3 is 2.54 bits per heavy atom. The van der Waals surface area contributed by atoms with Crippen LogP contribution in [-0.4, -0.2) is 64.7 Å². The van der Waals surface area contributed by atoms with Gasteiger partial charge in [-0.25, -0.2) is 4.79 Å². The number of carbonyl (C=O) groups is 2. The first-order chi connectivity index (χ1) is 22.4. The fourth-order valence-electron chi connectivity index (χ4n) is 6.52. The van der Waals surface area contributed by atoms with Crippen LogP contribution >= 0.6 is 0 Å². The van der Waals surface area contributed by atoms with E-state index in [2.05, 4.69) is 57.0 Å². The van der Waals surface area contributed by atoms with Crippen LogP contribution in [0.3, 0.4) is 0 Å². The van der Waals surface area contributed by atoms with Gasteiger partial charge >= 0.3 is 5.97 Å². The van der Waals surface area contributed by atoms with Crippen LogP contribution in [0.25, 0.3) is 10.8 Å². The van der Waals surface area contributed by atoms with Crippen molar-refractivity contribution >= 4 is 34.8 Å². The number of rotatable bonds is 20. The number of fused-ring (bicyclic) bond motifs is 1. The first-order valence-corrected chi connectivity index (χ1v) is 16.6. The number of hydrogen-bond acceptors (Lipinski definition) is 8. The van der Waals surface area contributed by atoms with Crippen LogP contribution < -0.4 is 22.1 Å². The van der Waals surface area contributed by atoms with Crippen molar-refractivity contribution in [1.29, 1.82) is 0 Å². The highest BCUT2D eigenvalue weighted by Gasteiger charge is 2.28. The molecule has 1 aromatic heterocycles. The minimum Gasteiger partial charge on any atom is -0.478 e. The quantitative estimate of drug-likeness (QED) is 0.0668. The van der Waals surface area contributed by atoms with E-state index >= 15 is 0 Å². The van der Waals surface area contributed by atoms with Crippen LogP contribution in [0.15, 0.2) is 77.4 Å². The highest BCUT2D eigenvalue weighted by molar-refractivity contribution is 5.84. The zero-order chi connectivity index (χ0) is 32.7. The van der Waals surface area contributed by atoms with Gasteiger partial charge in [-0.2, -0.15) is 0 Å². The third-order valence-electron chi connectivity index (χ3n) is 9.05. The van der Waals surface area contributed by atoms with Gasteiger partial charge in [0.2, 0.25) is 0 Å². The summed E-state index contributed by atoms with van der Waals surface area (Å²) < 4.78 is 0. The molecule has 0 fully saturated rings. The van der Waals surface area contributed by atoms with E-state index in [4.69, 9.17) is 16.6 Å². The van der Waals surface area contributed by atoms with Gasteiger partial charge < -0.3 is 42.1 Å². The van der Waals surface area contributed by atoms with Crippen LogP contribution in [0, 0.1) is 5.92 Å². The molecule has 0 spiro atoms. The molecule has 0 aliphatic carbocycles. The number of aldehydes is 1. The van der Waals surface area contributed by atoms with Crippen LogP contribution in [0.2, 0.25) is 0 Å². The molecule has 1 aliphatic rings. The Hall–Kier alpha value is -4.15. The Balaban J connectivity index is 1.51. The number of nitrogens with two attached hydrogens (primary N) is 2. The molecule has 0 saturated heterocycles. The van der Waals surface area contributed by atoms with Gasteiger partial charge in [0.1, 0.15) is 12.1 Å². The molecule has 2 heterocycles. The van der Waals surface area contributed by atoms with Crippen LogP contribution in [-0.2, 0) is 9.59 Å². The topological polar surface area (TPSA) is 179 Å². The average Bonchev–Trinajstić information content (AvgIpc) is 3.57. The number of aromatic nitrogens is 1. The third kappa shape index (κ3) is 10.7. The van der Waals surface area contributed by atoms with E-state index in [1.165, 1.54) is 22.4 Å². The second-order valence-electron chi connectivity index (χ2n) is 12.4. The molecular weight excluding hydrogens is 580 g/mol. The summed E-state index contributed by atoms with van der Waals surface area (Å²) in [6, 6.07) is 18.4. The molecule has 4 rings (SSSR count). The standard InChI is InChI=1S/C36H50N6O4/c37-30(16-12-25(24-44)6-5-21-43)10-3-9-27(29-14-13-26-7-1-2-8-28(26)22-29)15-17-32(41-34-11-4-19-39-34)31(23-35(45)46)33-18-20-40-36(38)42-33/h1-2,4,7-8,11,13-14,19,22-25,27,30,32-33,39,41,43H,3,5-6,9-10,12,15-18,20-21,37H2,(H,45,46)(H3,38,40,42). The fourth-order valence-corrected chi connectivity index (χ4v) is 6.52. The van der Waals surface area contributed by atoms with Gasteiger partial charge in [-0.1, -0.05) is 48.9 Å². The predicted octanol–water partition coefficient (Wildman–Crippen LogP) is 5.07. The number of nitrogens with zero attached hydrogens (tertiary/aromatic N) is 1. The average molecular weight is 631 g/mol. The van der Waals surface area contributed by atoms with E-state index in [-0.39, 0.29) is 36.6 Å². The van der Waals surface area contributed by atoms with Gasteiger partial charge in [-0.15, -0.1) is 0 Å². The molecule has 0 amide bonds. The molecule has 0 radical (unpaired) electrons. The molecule has 46 heavy (non-hydrogen) atoms. The molecule has 5 unspecified atom stereocenters. The molecule has 9 N–H and O–H groups in total. The third-order valence-corrected chi connectivity index (χ3v) is 9.05. The number of aromatic amines is 1. The molecule has 5 atom stereocenters. The highest BCUT2D eigenvalue weighted by Crippen LogP contribution is 2.33. The minimum absolute atomic E-state index is 0.00530. The molecule has 10 nitrogen and oxygen atoms in total. The lowest BCUT2D eigenvalue weighted by molar-refractivity contribution is -0.131. The minimum atomic E-state index is -0.996. The van der Waals surface area contributed by atoms with Crippen LogP contribution in [0.1, 0.15) is 75.7 Å². The lowest BCUT2D eigenvalue weighted by Gasteiger charge is -2.32. The smallest absolute Gasteiger partial charge is 0.328 e. The van der Waals surface area contributed by atoms with Crippen molar-refractivity contribution < 1.29 is 19.8 Å². The number of anilines is 1. The summed E-state index contributed by atoms with van der Waals surface area (Å²) >= 11 is 0. The maximum Gasteiger partial charge on any atom is 0.328 e. The second-order valence-corrected chi connectivity index (χ2v) is 12.4. The number of carboxylic acids is 1. The normalized spacial score (nSPS) is 17.8. The number of guanidine groups is 1.